The number of para-hydroxylation sites is 1. The highest BCUT2D eigenvalue weighted by Gasteiger charge is 2.43. The Morgan fingerprint density at radius 2 is 1.95 bits per heavy atom. The first-order valence-corrected chi connectivity index (χ1v) is 13.0. The van der Waals surface area contributed by atoms with Gasteiger partial charge in [-0.15, -0.1) is 0 Å². The van der Waals surface area contributed by atoms with Gasteiger partial charge in [-0.2, -0.15) is 5.26 Å². The number of amides is 3. The monoisotopic (exact) mass is 515 g/mol. The smallest absolute Gasteiger partial charge is 0.270 e. The maximum absolute atomic E-state index is 14.2. The fourth-order valence-electron chi connectivity index (χ4n) is 5.38. The topological polar surface area (TPSA) is 109 Å². The summed E-state index contributed by atoms with van der Waals surface area (Å²) in [6.45, 7) is 0.108. The number of anilines is 1. The first kappa shape index (κ1) is 25.5. The van der Waals surface area contributed by atoms with Crippen LogP contribution in [0.4, 0.5) is 10.1 Å². The Labute approximate surface area is 220 Å². The van der Waals surface area contributed by atoms with E-state index >= 15 is 0 Å². The van der Waals surface area contributed by atoms with E-state index in [-0.39, 0.29) is 30.5 Å². The number of fused-ring (bicyclic) bond motifs is 1. The second-order valence-corrected chi connectivity index (χ2v) is 10.3. The molecule has 1 saturated carbocycles. The fourth-order valence-corrected chi connectivity index (χ4v) is 5.38. The number of carbonyl (C=O) groups is 3. The number of halogens is 1. The van der Waals surface area contributed by atoms with Crippen molar-refractivity contribution < 1.29 is 18.8 Å². The molecule has 5 rings (SSSR count). The van der Waals surface area contributed by atoms with E-state index in [1.165, 1.54) is 21.9 Å². The van der Waals surface area contributed by atoms with E-state index in [0.717, 1.165) is 19.3 Å². The van der Waals surface area contributed by atoms with E-state index in [0.29, 0.717) is 28.9 Å². The number of nitrogens with one attached hydrogen (secondary N) is 2. The van der Waals surface area contributed by atoms with Gasteiger partial charge < -0.3 is 20.1 Å². The molecule has 2 fully saturated rings. The third-order valence-corrected chi connectivity index (χ3v) is 7.84. The Kier molecular flexibility index (Phi) is 7.14. The van der Waals surface area contributed by atoms with Crippen LogP contribution in [-0.2, 0) is 9.59 Å². The van der Waals surface area contributed by atoms with Gasteiger partial charge >= 0.3 is 0 Å². The predicted molar refractivity (Wildman–Crippen MR) is 140 cm³/mol. The number of nitriles is 1. The average molecular weight is 516 g/mol. The number of benzene rings is 2. The van der Waals surface area contributed by atoms with E-state index in [1.807, 2.05) is 18.2 Å². The van der Waals surface area contributed by atoms with Crippen LogP contribution in [-0.4, -0.2) is 58.2 Å². The highest BCUT2D eigenvalue weighted by molar-refractivity contribution is 6.00. The van der Waals surface area contributed by atoms with Crippen molar-refractivity contribution in [1.82, 2.24) is 14.8 Å². The number of carbonyl (C=O) groups excluding carboxylic acids is 3. The quantitative estimate of drug-likeness (QED) is 0.488. The molecule has 2 heterocycles. The second kappa shape index (κ2) is 10.7. The molecule has 0 bridgehead atoms. The van der Waals surface area contributed by atoms with Gasteiger partial charge in [0.05, 0.1) is 12.0 Å². The van der Waals surface area contributed by atoms with Crippen LogP contribution in [0.1, 0.15) is 42.6 Å². The molecule has 8 nitrogen and oxygen atoms in total. The normalized spacial score (nSPS) is 20.0. The number of likely N-dealkylation sites (N-methyl/N-ethyl adjacent to an activating group) is 1. The number of hydrogen-bond acceptors (Lipinski definition) is 4. The molecule has 1 aliphatic carbocycles. The molecule has 38 heavy (non-hydrogen) atoms. The number of H-pyrrole nitrogens is 1. The lowest BCUT2D eigenvalue weighted by Gasteiger charge is -2.36. The first-order chi connectivity index (χ1) is 18.4. The van der Waals surface area contributed by atoms with Crippen molar-refractivity contribution >= 4 is 34.3 Å². The van der Waals surface area contributed by atoms with Crippen LogP contribution in [0.25, 0.3) is 10.9 Å². The van der Waals surface area contributed by atoms with Crippen molar-refractivity contribution in [2.45, 2.75) is 44.2 Å². The molecule has 2 aromatic carbocycles. The first-order valence-electron chi connectivity index (χ1n) is 13.0. The third kappa shape index (κ3) is 4.99. The van der Waals surface area contributed by atoms with Crippen LogP contribution >= 0.6 is 0 Å². The van der Waals surface area contributed by atoms with Crippen LogP contribution < -0.4 is 5.32 Å². The second-order valence-electron chi connectivity index (χ2n) is 10.3. The third-order valence-electron chi connectivity index (χ3n) is 7.84. The summed E-state index contributed by atoms with van der Waals surface area (Å²) in [7, 11) is 1.57. The maximum Gasteiger partial charge on any atom is 0.270 e. The lowest BCUT2D eigenvalue weighted by atomic mass is 9.80. The zero-order valence-corrected chi connectivity index (χ0v) is 21.2. The van der Waals surface area contributed by atoms with E-state index in [1.54, 1.807) is 31.3 Å². The maximum atomic E-state index is 14.2. The highest BCUT2D eigenvalue weighted by Crippen LogP contribution is 2.34. The minimum atomic E-state index is -0.796. The van der Waals surface area contributed by atoms with Gasteiger partial charge in [0.2, 0.25) is 11.8 Å². The summed E-state index contributed by atoms with van der Waals surface area (Å²) in [4.78, 5) is 46.1. The van der Waals surface area contributed by atoms with Crippen molar-refractivity contribution in [3.63, 3.8) is 0 Å². The van der Waals surface area contributed by atoms with Crippen molar-refractivity contribution in [1.29, 1.82) is 5.26 Å². The van der Waals surface area contributed by atoms with Gasteiger partial charge in [0.15, 0.2) is 0 Å². The van der Waals surface area contributed by atoms with Crippen molar-refractivity contribution in [2.75, 3.05) is 18.9 Å². The van der Waals surface area contributed by atoms with Gasteiger partial charge in [0.1, 0.15) is 23.6 Å². The number of nitrogens with zero attached hydrogens (tertiary/aromatic N) is 3. The van der Waals surface area contributed by atoms with Gasteiger partial charge in [-0.3, -0.25) is 14.4 Å². The lowest BCUT2D eigenvalue weighted by Crippen LogP contribution is -2.52. The predicted octanol–water partition coefficient (Wildman–Crippen LogP) is 4.32. The number of aromatic nitrogens is 1. The Hall–Kier alpha value is -4.19. The minimum Gasteiger partial charge on any atom is -0.350 e. The molecule has 3 aromatic rings. The van der Waals surface area contributed by atoms with E-state index in [2.05, 4.69) is 16.4 Å². The number of rotatable bonds is 7. The van der Waals surface area contributed by atoms with Gasteiger partial charge in [0.25, 0.3) is 5.91 Å². The van der Waals surface area contributed by atoms with Crippen LogP contribution in [0.5, 0.6) is 0 Å². The summed E-state index contributed by atoms with van der Waals surface area (Å²) < 4.78 is 14.2. The molecule has 2 N–H and O–H groups in total. The number of aromatic amines is 1. The molecule has 3 amide bonds. The molecular formula is C29H30FN5O3. The summed E-state index contributed by atoms with van der Waals surface area (Å²) in [6, 6.07) is 15.7. The van der Waals surface area contributed by atoms with Crippen LogP contribution in [0.3, 0.4) is 0 Å². The molecule has 9 heteroatoms. The van der Waals surface area contributed by atoms with Crippen molar-refractivity contribution in [3.05, 3.63) is 66.1 Å². The molecule has 0 spiro atoms. The van der Waals surface area contributed by atoms with Crippen molar-refractivity contribution in [3.8, 4) is 6.07 Å². The minimum absolute atomic E-state index is 0.108. The van der Waals surface area contributed by atoms with Gasteiger partial charge in [-0.05, 0) is 49.1 Å². The summed E-state index contributed by atoms with van der Waals surface area (Å²) >= 11 is 0. The lowest BCUT2D eigenvalue weighted by molar-refractivity contribution is -0.136. The molecule has 1 aromatic heterocycles. The summed E-state index contributed by atoms with van der Waals surface area (Å²) in [5.41, 5.74) is 1.34. The van der Waals surface area contributed by atoms with Crippen LogP contribution in [0.15, 0.2) is 54.6 Å². The van der Waals surface area contributed by atoms with Gasteiger partial charge in [0, 0.05) is 30.2 Å². The SMILES string of the molecule is CN(C(=O)c1cc2c(F)cccc2[nH]1)C(CC1CCC1)C(=O)N1CC(C(=O)Nc2ccccc2)CC1C#N. The largest absolute Gasteiger partial charge is 0.350 e. The summed E-state index contributed by atoms with van der Waals surface area (Å²) in [5.74, 6) is -1.67. The van der Waals surface area contributed by atoms with Crippen LogP contribution in [0, 0.1) is 29.0 Å². The van der Waals surface area contributed by atoms with E-state index in [4.69, 9.17) is 0 Å². The Morgan fingerprint density at radius 3 is 2.61 bits per heavy atom. The van der Waals surface area contributed by atoms with Gasteiger partial charge in [-0.1, -0.05) is 43.5 Å². The Balaban J connectivity index is 1.35. The zero-order valence-electron chi connectivity index (χ0n) is 21.2. The molecule has 3 unspecified atom stereocenters. The van der Waals surface area contributed by atoms with Crippen LogP contribution in [0.2, 0.25) is 0 Å². The fraction of sp³-hybridized carbons (Fsp3) is 0.379. The molecule has 2 aliphatic rings. The molecule has 1 aliphatic heterocycles. The molecule has 196 valence electrons. The average Bonchev–Trinajstić information content (AvgIpc) is 3.53. The van der Waals surface area contributed by atoms with E-state index < -0.39 is 29.7 Å². The number of likely N-dealkylation sites (tertiary alicyclic amines) is 1. The van der Waals surface area contributed by atoms with E-state index in [9.17, 15) is 24.0 Å². The summed E-state index contributed by atoms with van der Waals surface area (Å²) in [5, 5.41) is 13.0. The summed E-state index contributed by atoms with van der Waals surface area (Å²) in [6.07, 6.45) is 3.75. The molecule has 0 radical (unpaired) electrons. The molecule has 1 saturated heterocycles. The molecular weight excluding hydrogens is 485 g/mol. The number of hydrogen-bond donors (Lipinski definition) is 2. The molecule has 3 atom stereocenters. The van der Waals surface area contributed by atoms with Crippen molar-refractivity contribution in [2.24, 2.45) is 11.8 Å². The highest BCUT2D eigenvalue weighted by atomic mass is 19.1. The Bertz CT molecular complexity index is 1390. The standard InChI is InChI=1S/C29H30FN5O3/c1-34(28(37)25-15-22-23(30)11-6-12-24(22)33-25)26(13-18-7-5-8-18)29(38)35-17-19(14-21(35)16-31)27(36)32-20-9-3-2-4-10-20/h2-4,6,9-12,15,18-19,21,26,33H,5,7-8,13-14,17H2,1H3,(H,32,36). The Morgan fingerprint density at radius 1 is 1.18 bits per heavy atom. The van der Waals surface area contributed by atoms with Gasteiger partial charge in [-0.25, -0.2) is 4.39 Å². The zero-order chi connectivity index (χ0) is 26.8.